The molecule has 1 saturated carbocycles. The van der Waals surface area contributed by atoms with Crippen LogP contribution in [0.3, 0.4) is 0 Å². The summed E-state index contributed by atoms with van der Waals surface area (Å²) in [6, 6.07) is 15.1. The number of carbonyl (C=O) groups excluding carboxylic acids is 2. The topological polar surface area (TPSA) is 70.7 Å². The first-order valence-electron chi connectivity index (χ1n) is 9.08. The average Bonchev–Trinajstić information content (AvgIpc) is 3.48. The Labute approximate surface area is 159 Å². The van der Waals surface area contributed by atoms with E-state index in [9.17, 15) is 9.59 Å². The van der Waals surface area contributed by atoms with Crippen molar-refractivity contribution in [3.8, 4) is 5.75 Å². The lowest BCUT2D eigenvalue weighted by Crippen LogP contribution is -2.42. The van der Waals surface area contributed by atoms with E-state index in [1.54, 1.807) is 31.4 Å². The van der Waals surface area contributed by atoms with E-state index < -0.39 is 6.03 Å². The Kier molecular flexibility index (Phi) is 6.08. The minimum absolute atomic E-state index is 0.203. The maximum Gasteiger partial charge on any atom is 0.325 e. The van der Waals surface area contributed by atoms with E-state index in [1.165, 1.54) is 11.1 Å². The standard InChI is InChI=1S/C21H25N3O3/c1-15-3-5-16(6-4-15)13-24(18-9-10-18)14-20(25)23-21(26)22-17-7-11-19(27-2)12-8-17/h3-8,11-12,18H,9-10,13-14H2,1-2H3,(H2,22,23,25,26). The summed E-state index contributed by atoms with van der Waals surface area (Å²) in [6.45, 7) is 2.96. The van der Waals surface area contributed by atoms with E-state index in [-0.39, 0.29) is 12.5 Å². The third kappa shape index (κ3) is 5.82. The summed E-state index contributed by atoms with van der Waals surface area (Å²) in [5, 5.41) is 5.06. The zero-order valence-electron chi connectivity index (χ0n) is 15.7. The van der Waals surface area contributed by atoms with Crippen LogP contribution in [0.25, 0.3) is 0 Å². The monoisotopic (exact) mass is 367 g/mol. The summed E-state index contributed by atoms with van der Waals surface area (Å²) in [7, 11) is 1.58. The predicted octanol–water partition coefficient (Wildman–Crippen LogP) is 3.32. The van der Waals surface area contributed by atoms with Crippen molar-refractivity contribution in [3.63, 3.8) is 0 Å². The number of hydrogen-bond donors (Lipinski definition) is 2. The number of carbonyl (C=O) groups is 2. The Morgan fingerprint density at radius 3 is 2.33 bits per heavy atom. The van der Waals surface area contributed by atoms with Gasteiger partial charge in [0.25, 0.3) is 0 Å². The van der Waals surface area contributed by atoms with Gasteiger partial charge in [-0.1, -0.05) is 29.8 Å². The van der Waals surface area contributed by atoms with E-state index in [0.717, 1.165) is 12.8 Å². The molecule has 0 spiro atoms. The lowest BCUT2D eigenvalue weighted by atomic mass is 10.1. The molecule has 0 heterocycles. The molecule has 2 N–H and O–H groups in total. The van der Waals surface area contributed by atoms with Crippen molar-refractivity contribution >= 4 is 17.6 Å². The maximum atomic E-state index is 12.3. The zero-order chi connectivity index (χ0) is 19.2. The molecule has 142 valence electrons. The molecule has 6 heteroatoms. The number of imide groups is 1. The Balaban J connectivity index is 1.51. The van der Waals surface area contributed by atoms with Gasteiger partial charge in [0.1, 0.15) is 5.75 Å². The van der Waals surface area contributed by atoms with Crippen molar-refractivity contribution in [2.24, 2.45) is 0 Å². The maximum absolute atomic E-state index is 12.3. The number of nitrogens with zero attached hydrogens (tertiary/aromatic N) is 1. The van der Waals surface area contributed by atoms with Crippen molar-refractivity contribution in [3.05, 3.63) is 59.7 Å². The van der Waals surface area contributed by atoms with Gasteiger partial charge in [-0.25, -0.2) is 4.79 Å². The van der Waals surface area contributed by atoms with E-state index in [2.05, 4.69) is 46.7 Å². The predicted molar refractivity (Wildman–Crippen MR) is 105 cm³/mol. The van der Waals surface area contributed by atoms with Gasteiger partial charge >= 0.3 is 6.03 Å². The van der Waals surface area contributed by atoms with Gasteiger partial charge in [0.2, 0.25) is 5.91 Å². The normalized spacial score (nSPS) is 13.3. The fraction of sp³-hybridized carbons (Fsp3) is 0.333. The van der Waals surface area contributed by atoms with E-state index >= 15 is 0 Å². The van der Waals surface area contributed by atoms with Crippen LogP contribution in [0.1, 0.15) is 24.0 Å². The summed E-state index contributed by atoms with van der Waals surface area (Å²) >= 11 is 0. The number of amides is 3. The van der Waals surface area contributed by atoms with Crippen LogP contribution in [0.5, 0.6) is 5.75 Å². The van der Waals surface area contributed by atoms with Gasteiger partial charge < -0.3 is 10.1 Å². The minimum Gasteiger partial charge on any atom is -0.497 e. The van der Waals surface area contributed by atoms with Crippen LogP contribution in [0.4, 0.5) is 10.5 Å². The highest BCUT2D eigenvalue weighted by Gasteiger charge is 2.30. The molecule has 0 saturated heterocycles. The van der Waals surface area contributed by atoms with Crippen molar-refractivity contribution < 1.29 is 14.3 Å². The number of anilines is 1. The van der Waals surface area contributed by atoms with Crippen LogP contribution in [-0.4, -0.2) is 36.5 Å². The summed E-state index contributed by atoms with van der Waals surface area (Å²) < 4.78 is 5.08. The van der Waals surface area contributed by atoms with E-state index in [0.29, 0.717) is 24.0 Å². The molecule has 27 heavy (non-hydrogen) atoms. The molecule has 0 bridgehead atoms. The van der Waals surface area contributed by atoms with Gasteiger partial charge in [-0.05, 0) is 49.6 Å². The molecule has 0 atom stereocenters. The van der Waals surface area contributed by atoms with Crippen LogP contribution < -0.4 is 15.4 Å². The van der Waals surface area contributed by atoms with Crippen LogP contribution in [0, 0.1) is 6.92 Å². The summed E-state index contributed by atoms with van der Waals surface area (Å²) in [6.07, 6.45) is 2.19. The number of methoxy groups -OCH3 is 1. The van der Waals surface area contributed by atoms with Crippen LogP contribution >= 0.6 is 0 Å². The largest absolute Gasteiger partial charge is 0.497 e. The molecule has 6 nitrogen and oxygen atoms in total. The Bertz CT molecular complexity index is 783. The highest BCUT2D eigenvalue weighted by atomic mass is 16.5. The summed E-state index contributed by atoms with van der Waals surface area (Å²) in [4.78, 5) is 26.5. The molecule has 2 aromatic carbocycles. The summed E-state index contributed by atoms with van der Waals surface area (Å²) in [5.74, 6) is 0.397. The Morgan fingerprint density at radius 2 is 1.74 bits per heavy atom. The molecule has 2 aromatic rings. The summed E-state index contributed by atoms with van der Waals surface area (Å²) in [5.41, 5.74) is 2.98. The van der Waals surface area contributed by atoms with Gasteiger partial charge in [-0.3, -0.25) is 15.0 Å². The SMILES string of the molecule is COc1ccc(NC(=O)NC(=O)CN(Cc2ccc(C)cc2)C2CC2)cc1. The van der Waals surface area contributed by atoms with Gasteiger partial charge in [0, 0.05) is 18.3 Å². The smallest absolute Gasteiger partial charge is 0.325 e. The number of aryl methyl sites for hydroxylation is 1. The van der Waals surface area contributed by atoms with Crippen molar-refractivity contribution in [2.45, 2.75) is 32.4 Å². The highest BCUT2D eigenvalue weighted by molar-refractivity contribution is 6.01. The number of ether oxygens (including phenoxy) is 1. The van der Waals surface area contributed by atoms with Crippen LogP contribution in [0.2, 0.25) is 0 Å². The second-order valence-corrected chi connectivity index (χ2v) is 6.85. The number of nitrogens with one attached hydrogen (secondary N) is 2. The molecule has 1 fully saturated rings. The van der Waals surface area contributed by atoms with E-state index in [4.69, 9.17) is 4.74 Å². The number of benzene rings is 2. The van der Waals surface area contributed by atoms with Crippen LogP contribution in [-0.2, 0) is 11.3 Å². The molecule has 1 aliphatic rings. The third-order valence-electron chi connectivity index (χ3n) is 4.52. The molecular formula is C21H25N3O3. The lowest BCUT2D eigenvalue weighted by molar-refractivity contribution is -0.121. The van der Waals surface area contributed by atoms with Crippen molar-refractivity contribution in [1.29, 1.82) is 0 Å². The first-order chi connectivity index (χ1) is 13.0. The molecule has 0 radical (unpaired) electrons. The van der Waals surface area contributed by atoms with Gasteiger partial charge in [0.05, 0.1) is 13.7 Å². The fourth-order valence-corrected chi connectivity index (χ4v) is 2.87. The number of rotatable bonds is 7. The van der Waals surface area contributed by atoms with Gasteiger partial charge in [-0.2, -0.15) is 0 Å². The number of urea groups is 1. The highest BCUT2D eigenvalue weighted by Crippen LogP contribution is 2.28. The second-order valence-electron chi connectivity index (χ2n) is 6.85. The van der Waals surface area contributed by atoms with Crippen molar-refractivity contribution in [1.82, 2.24) is 10.2 Å². The van der Waals surface area contributed by atoms with Gasteiger partial charge in [-0.15, -0.1) is 0 Å². The molecule has 3 amide bonds. The average molecular weight is 367 g/mol. The minimum atomic E-state index is -0.531. The van der Waals surface area contributed by atoms with Crippen molar-refractivity contribution in [2.75, 3.05) is 19.0 Å². The molecule has 0 aromatic heterocycles. The zero-order valence-corrected chi connectivity index (χ0v) is 15.7. The second kappa shape index (κ2) is 8.68. The lowest BCUT2D eigenvalue weighted by Gasteiger charge is -2.21. The van der Waals surface area contributed by atoms with E-state index in [1.807, 2.05) is 0 Å². The third-order valence-corrected chi connectivity index (χ3v) is 4.52. The first kappa shape index (κ1) is 18.9. The molecular weight excluding hydrogens is 342 g/mol. The quantitative estimate of drug-likeness (QED) is 0.788. The number of hydrogen-bond acceptors (Lipinski definition) is 4. The van der Waals surface area contributed by atoms with Crippen LogP contribution in [0.15, 0.2) is 48.5 Å². The Hall–Kier alpha value is -2.86. The molecule has 0 unspecified atom stereocenters. The first-order valence-corrected chi connectivity index (χ1v) is 9.08. The molecule has 0 aliphatic heterocycles. The molecule has 1 aliphatic carbocycles. The van der Waals surface area contributed by atoms with Gasteiger partial charge in [0.15, 0.2) is 0 Å². The fourth-order valence-electron chi connectivity index (χ4n) is 2.87. The molecule has 3 rings (SSSR count). The Morgan fingerprint density at radius 1 is 1.07 bits per heavy atom.